The molecule has 0 saturated heterocycles. The molecule has 1 rings (SSSR count). The van der Waals surface area contributed by atoms with Crippen LogP contribution in [-0.2, 0) is 6.42 Å². The van der Waals surface area contributed by atoms with Gasteiger partial charge in [0.05, 0.1) is 6.26 Å². The highest BCUT2D eigenvalue weighted by Gasteiger charge is 2.06. The summed E-state index contributed by atoms with van der Waals surface area (Å²) >= 11 is 0. The summed E-state index contributed by atoms with van der Waals surface area (Å²) in [5.74, 6) is 7.08. The first-order chi connectivity index (χ1) is 7.36. The molecule has 1 N–H and O–H groups in total. The molecule has 1 heterocycles. The smallest absolute Gasteiger partial charge is 0.103 e. The van der Waals surface area contributed by atoms with E-state index in [1.165, 1.54) is 0 Å². The second kappa shape index (κ2) is 7.14. The Hall–Kier alpha value is -1.20. The number of hydrogen-bond acceptors (Lipinski definition) is 2. The molecule has 0 amide bonds. The Morgan fingerprint density at radius 3 is 2.93 bits per heavy atom. The lowest BCUT2D eigenvalue weighted by atomic mass is 10.1. The van der Waals surface area contributed by atoms with Crippen LogP contribution in [0.1, 0.15) is 31.9 Å². The standard InChI is InChI=1S/C13H19NO/c1-3-4-5-7-12(14-2)9-10-13-8-6-11-15-13/h6,8,11-12,14H,5,7,9-10H2,1-2H3. The Labute approximate surface area is 92.1 Å². The zero-order chi connectivity index (χ0) is 10.9. The van der Waals surface area contributed by atoms with Crippen LogP contribution >= 0.6 is 0 Å². The quantitative estimate of drug-likeness (QED) is 0.722. The van der Waals surface area contributed by atoms with Crippen molar-refractivity contribution in [2.45, 2.75) is 38.6 Å². The summed E-state index contributed by atoms with van der Waals surface area (Å²) in [4.78, 5) is 0. The van der Waals surface area contributed by atoms with E-state index in [2.05, 4.69) is 17.2 Å². The molecule has 1 unspecified atom stereocenters. The molecule has 0 fully saturated rings. The Balaban J connectivity index is 2.23. The summed E-state index contributed by atoms with van der Waals surface area (Å²) in [6.45, 7) is 1.89. The molecule has 0 saturated carbocycles. The van der Waals surface area contributed by atoms with Crippen molar-refractivity contribution in [2.75, 3.05) is 7.05 Å². The number of hydrogen-bond donors (Lipinski definition) is 1. The van der Waals surface area contributed by atoms with E-state index >= 15 is 0 Å². The third-order valence-corrected chi connectivity index (χ3v) is 2.52. The molecule has 1 aromatic rings. The van der Waals surface area contributed by atoms with Crippen LogP contribution in [0.4, 0.5) is 0 Å². The van der Waals surface area contributed by atoms with Gasteiger partial charge in [-0.25, -0.2) is 0 Å². The fourth-order valence-electron chi connectivity index (χ4n) is 1.58. The topological polar surface area (TPSA) is 25.2 Å². The molecular formula is C13H19NO. The van der Waals surface area contributed by atoms with Crippen molar-refractivity contribution < 1.29 is 4.42 Å². The van der Waals surface area contributed by atoms with Crippen LogP contribution in [0.5, 0.6) is 0 Å². The van der Waals surface area contributed by atoms with E-state index < -0.39 is 0 Å². The fourth-order valence-corrected chi connectivity index (χ4v) is 1.58. The highest BCUT2D eigenvalue weighted by Crippen LogP contribution is 2.08. The van der Waals surface area contributed by atoms with Gasteiger partial charge in [0.15, 0.2) is 0 Å². The van der Waals surface area contributed by atoms with Gasteiger partial charge in [-0.3, -0.25) is 0 Å². The maximum atomic E-state index is 5.30. The predicted octanol–water partition coefficient (Wildman–Crippen LogP) is 2.60. The third kappa shape index (κ3) is 4.71. The lowest BCUT2D eigenvalue weighted by Crippen LogP contribution is -2.25. The Bertz CT molecular complexity index is 305. The number of nitrogens with one attached hydrogen (secondary N) is 1. The number of furan rings is 1. The van der Waals surface area contributed by atoms with Crippen molar-refractivity contribution >= 4 is 0 Å². The molecule has 0 aliphatic rings. The van der Waals surface area contributed by atoms with E-state index in [4.69, 9.17) is 4.42 Å². The van der Waals surface area contributed by atoms with Gasteiger partial charge in [0.2, 0.25) is 0 Å². The summed E-state index contributed by atoms with van der Waals surface area (Å²) < 4.78 is 5.30. The van der Waals surface area contributed by atoms with Gasteiger partial charge in [0.25, 0.3) is 0 Å². The SMILES string of the molecule is CC#CCCC(CCc1ccco1)NC. The Kier molecular flexibility index (Phi) is 5.65. The molecule has 0 aliphatic heterocycles. The van der Waals surface area contributed by atoms with E-state index in [0.29, 0.717) is 6.04 Å². The molecule has 15 heavy (non-hydrogen) atoms. The third-order valence-electron chi connectivity index (χ3n) is 2.52. The lowest BCUT2D eigenvalue weighted by molar-refractivity contribution is 0.449. The van der Waals surface area contributed by atoms with Crippen molar-refractivity contribution in [1.29, 1.82) is 0 Å². The minimum atomic E-state index is 0.538. The highest BCUT2D eigenvalue weighted by molar-refractivity contribution is 4.99. The van der Waals surface area contributed by atoms with Crippen molar-refractivity contribution in [3.8, 4) is 11.8 Å². The zero-order valence-corrected chi connectivity index (χ0v) is 9.55. The molecule has 82 valence electrons. The lowest BCUT2D eigenvalue weighted by Gasteiger charge is -2.13. The molecular weight excluding hydrogens is 186 g/mol. The van der Waals surface area contributed by atoms with Crippen LogP contribution in [0.15, 0.2) is 22.8 Å². The molecule has 0 spiro atoms. The van der Waals surface area contributed by atoms with E-state index in [1.54, 1.807) is 6.26 Å². The summed E-state index contributed by atoms with van der Waals surface area (Å²) in [7, 11) is 2.01. The Morgan fingerprint density at radius 1 is 1.47 bits per heavy atom. The first kappa shape index (κ1) is 11.9. The van der Waals surface area contributed by atoms with Gasteiger partial charge in [-0.05, 0) is 38.9 Å². The first-order valence-electron chi connectivity index (χ1n) is 5.46. The van der Waals surface area contributed by atoms with Crippen molar-refractivity contribution in [3.05, 3.63) is 24.2 Å². The van der Waals surface area contributed by atoms with E-state index in [0.717, 1.165) is 31.4 Å². The van der Waals surface area contributed by atoms with Crippen LogP contribution in [-0.4, -0.2) is 13.1 Å². The van der Waals surface area contributed by atoms with Crippen LogP contribution in [0.3, 0.4) is 0 Å². The molecule has 0 bridgehead atoms. The zero-order valence-electron chi connectivity index (χ0n) is 9.55. The minimum absolute atomic E-state index is 0.538. The van der Waals surface area contributed by atoms with Crippen LogP contribution in [0, 0.1) is 11.8 Å². The van der Waals surface area contributed by atoms with E-state index in [9.17, 15) is 0 Å². The van der Waals surface area contributed by atoms with Crippen LogP contribution in [0.25, 0.3) is 0 Å². The van der Waals surface area contributed by atoms with Crippen LogP contribution < -0.4 is 5.32 Å². The fraction of sp³-hybridized carbons (Fsp3) is 0.538. The molecule has 2 heteroatoms. The number of rotatable bonds is 6. The Morgan fingerprint density at radius 2 is 2.33 bits per heavy atom. The first-order valence-corrected chi connectivity index (χ1v) is 5.46. The van der Waals surface area contributed by atoms with Gasteiger partial charge in [-0.1, -0.05) is 0 Å². The normalized spacial score (nSPS) is 11.9. The second-order valence-electron chi connectivity index (χ2n) is 3.57. The maximum absolute atomic E-state index is 5.30. The molecule has 1 atom stereocenters. The highest BCUT2D eigenvalue weighted by atomic mass is 16.3. The average Bonchev–Trinajstić information content (AvgIpc) is 2.76. The van der Waals surface area contributed by atoms with Crippen molar-refractivity contribution in [3.63, 3.8) is 0 Å². The van der Waals surface area contributed by atoms with E-state index in [1.807, 2.05) is 26.1 Å². The van der Waals surface area contributed by atoms with Crippen LogP contribution in [0.2, 0.25) is 0 Å². The van der Waals surface area contributed by atoms with Gasteiger partial charge in [0.1, 0.15) is 5.76 Å². The monoisotopic (exact) mass is 205 g/mol. The molecule has 1 aromatic heterocycles. The summed E-state index contributed by atoms with van der Waals surface area (Å²) in [5.41, 5.74) is 0. The summed E-state index contributed by atoms with van der Waals surface area (Å²) in [6, 6.07) is 4.50. The van der Waals surface area contributed by atoms with Crippen molar-refractivity contribution in [2.24, 2.45) is 0 Å². The summed E-state index contributed by atoms with van der Waals surface area (Å²) in [5, 5.41) is 3.31. The summed E-state index contributed by atoms with van der Waals surface area (Å²) in [6.07, 6.45) is 5.91. The van der Waals surface area contributed by atoms with Gasteiger partial charge < -0.3 is 9.73 Å². The van der Waals surface area contributed by atoms with Gasteiger partial charge >= 0.3 is 0 Å². The van der Waals surface area contributed by atoms with Gasteiger partial charge in [-0.15, -0.1) is 11.8 Å². The minimum Gasteiger partial charge on any atom is -0.469 e. The largest absolute Gasteiger partial charge is 0.469 e. The molecule has 2 nitrogen and oxygen atoms in total. The predicted molar refractivity (Wildman–Crippen MR) is 62.6 cm³/mol. The molecule has 0 aromatic carbocycles. The van der Waals surface area contributed by atoms with E-state index in [-0.39, 0.29) is 0 Å². The maximum Gasteiger partial charge on any atom is 0.103 e. The molecule has 0 aliphatic carbocycles. The van der Waals surface area contributed by atoms with Gasteiger partial charge in [0, 0.05) is 18.9 Å². The number of aryl methyl sites for hydroxylation is 1. The average molecular weight is 205 g/mol. The van der Waals surface area contributed by atoms with Gasteiger partial charge in [-0.2, -0.15) is 0 Å². The second-order valence-corrected chi connectivity index (χ2v) is 3.57. The van der Waals surface area contributed by atoms with Crippen molar-refractivity contribution in [1.82, 2.24) is 5.32 Å². The molecule has 0 radical (unpaired) electrons.